The minimum absolute atomic E-state index is 0. The summed E-state index contributed by atoms with van der Waals surface area (Å²) in [6, 6.07) is 0. The molecule has 0 saturated heterocycles. The van der Waals surface area contributed by atoms with E-state index in [1.54, 1.807) is 0 Å². The maximum Gasteiger partial charge on any atom is 2.00 e. The molecule has 0 aromatic carbocycles. The van der Waals surface area contributed by atoms with Crippen LogP contribution in [0.1, 0.15) is 96.3 Å². The summed E-state index contributed by atoms with van der Waals surface area (Å²) in [6.45, 7) is 0. The van der Waals surface area contributed by atoms with Crippen LogP contribution in [0.5, 0.6) is 0 Å². The molecule has 22 heavy (non-hydrogen) atoms. The molecular formula is C18H36Cl2PPd-3. The predicted octanol–water partition coefficient (Wildman–Crippen LogP) is 0.528. The van der Waals surface area contributed by atoms with Crippen molar-refractivity contribution in [3.8, 4) is 0 Å². The van der Waals surface area contributed by atoms with Gasteiger partial charge in [-0.2, -0.15) is 48.4 Å². The van der Waals surface area contributed by atoms with E-state index in [9.17, 15) is 0 Å². The van der Waals surface area contributed by atoms with Crippen molar-refractivity contribution in [2.75, 3.05) is 0 Å². The molecule has 0 heterocycles. The molecule has 4 heteroatoms. The Bertz CT molecular complexity index is 96.1. The molecule has 0 N–H and O–H groups in total. The summed E-state index contributed by atoms with van der Waals surface area (Å²) < 4.78 is 0. The SMILES string of the molecule is P.[CH-]1CCCCC1.[CH-]1CCCCC1.[CH-]1CCCCC1.[Cl-].[Cl-].[Pd+2]. The molecule has 0 radical (unpaired) electrons. The molecule has 3 rings (SSSR count). The van der Waals surface area contributed by atoms with E-state index in [4.69, 9.17) is 0 Å². The fourth-order valence-corrected chi connectivity index (χ4v) is 2.70. The predicted molar refractivity (Wildman–Crippen MR) is 93.3 cm³/mol. The molecule has 140 valence electrons. The van der Waals surface area contributed by atoms with Crippen LogP contribution in [0.4, 0.5) is 0 Å². The first-order chi connectivity index (χ1) is 9.00. The van der Waals surface area contributed by atoms with Crippen molar-refractivity contribution < 1.29 is 45.2 Å². The Morgan fingerprint density at radius 1 is 0.364 bits per heavy atom. The van der Waals surface area contributed by atoms with Gasteiger partial charge < -0.3 is 44.1 Å². The van der Waals surface area contributed by atoms with Crippen LogP contribution in [0.3, 0.4) is 0 Å². The topological polar surface area (TPSA) is 0 Å². The number of halogens is 2. The number of hydrogen-bond donors (Lipinski definition) is 0. The maximum atomic E-state index is 2.39. The zero-order valence-electron chi connectivity index (χ0n) is 14.1. The van der Waals surface area contributed by atoms with Crippen molar-refractivity contribution in [2.45, 2.75) is 96.3 Å². The van der Waals surface area contributed by atoms with E-state index in [0.717, 1.165) is 0 Å². The second-order valence-corrected chi connectivity index (χ2v) is 5.78. The molecule has 1 atom stereocenters. The van der Waals surface area contributed by atoms with Crippen molar-refractivity contribution in [3.05, 3.63) is 19.3 Å². The van der Waals surface area contributed by atoms with Crippen molar-refractivity contribution in [1.29, 1.82) is 0 Å². The van der Waals surface area contributed by atoms with E-state index in [1.807, 2.05) is 0 Å². The first-order valence-electron chi connectivity index (χ1n) is 8.45. The molecule has 1 unspecified atom stereocenters. The average molecular weight is 461 g/mol. The Labute approximate surface area is 170 Å². The van der Waals surface area contributed by atoms with Crippen LogP contribution in [-0.4, -0.2) is 0 Å². The quantitative estimate of drug-likeness (QED) is 0.281. The third kappa shape index (κ3) is 23.9. The number of rotatable bonds is 0. The van der Waals surface area contributed by atoms with Crippen LogP contribution in [0, 0.1) is 19.3 Å². The Kier molecular flexibility index (Phi) is 39.3. The second kappa shape index (κ2) is 27.5. The molecule has 3 saturated carbocycles. The Balaban J connectivity index is -0.000000101. The van der Waals surface area contributed by atoms with E-state index in [2.05, 4.69) is 19.3 Å². The van der Waals surface area contributed by atoms with Crippen LogP contribution in [-0.2, 0) is 20.4 Å². The first-order valence-corrected chi connectivity index (χ1v) is 8.45. The van der Waals surface area contributed by atoms with Crippen LogP contribution in [0.2, 0.25) is 0 Å². The summed E-state index contributed by atoms with van der Waals surface area (Å²) in [5, 5.41) is 0. The van der Waals surface area contributed by atoms with E-state index in [1.165, 1.54) is 96.3 Å². The van der Waals surface area contributed by atoms with Gasteiger partial charge in [-0.25, -0.2) is 0 Å². The molecule has 0 bridgehead atoms. The summed E-state index contributed by atoms with van der Waals surface area (Å²) in [6.07, 6.45) is 28.5. The summed E-state index contributed by atoms with van der Waals surface area (Å²) >= 11 is 0. The van der Waals surface area contributed by atoms with Gasteiger partial charge in [-0.15, -0.1) is 0 Å². The summed E-state index contributed by atoms with van der Waals surface area (Å²) in [4.78, 5) is 0. The van der Waals surface area contributed by atoms with Crippen LogP contribution < -0.4 is 24.8 Å². The smallest absolute Gasteiger partial charge is 1.00 e. The van der Waals surface area contributed by atoms with Gasteiger partial charge in [0.15, 0.2) is 0 Å². The Morgan fingerprint density at radius 2 is 0.545 bits per heavy atom. The third-order valence-corrected chi connectivity index (χ3v) is 3.95. The largest absolute Gasteiger partial charge is 2.00 e. The molecule has 3 aliphatic rings. The van der Waals surface area contributed by atoms with Crippen molar-refractivity contribution >= 4 is 9.90 Å². The van der Waals surface area contributed by atoms with Gasteiger partial charge in [0.2, 0.25) is 0 Å². The monoisotopic (exact) mass is 459 g/mol. The van der Waals surface area contributed by atoms with E-state index < -0.39 is 0 Å². The van der Waals surface area contributed by atoms with Crippen LogP contribution in [0.25, 0.3) is 0 Å². The number of hydrogen-bond acceptors (Lipinski definition) is 0. The Hall–Kier alpha value is 1.67. The molecule has 0 aromatic rings. The van der Waals surface area contributed by atoms with Crippen LogP contribution in [0.15, 0.2) is 0 Å². The molecule has 3 aliphatic carbocycles. The molecule has 0 aromatic heterocycles. The van der Waals surface area contributed by atoms with Crippen molar-refractivity contribution in [3.63, 3.8) is 0 Å². The van der Waals surface area contributed by atoms with Gasteiger partial charge in [0.1, 0.15) is 0 Å². The molecule has 3 fully saturated rings. The normalized spacial score (nSPS) is 19.6. The third-order valence-electron chi connectivity index (χ3n) is 3.95. The van der Waals surface area contributed by atoms with E-state index in [-0.39, 0.29) is 55.1 Å². The maximum absolute atomic E-state index is 2.39. The molecule has 0 spiro atoms. The van der Waals surface area contributed by atoms with Gasteiger partial charge in [-0.3, -0.25) is 0 Å². The van der Waals surface area contributed by atoms with Crippen LogP contribution >= 0.6 is 9.90 Å². The first kappa shape index (κ1) is 31.4. The summed E-state index contributed by atoms with van der Waals surface area (Å²) in [5.74, 6) is 0. The van der Waals surface area contributed by atoms with Crippen molar-refractivity contribution in [2.24, 2.45) is 0 Å². The minimum Gasteiger partial charge on any atom is -1.00 e. The van der Waals surface area contributed by atoms with E-state index >= 15 is 0 Å². The second-order valence-electron chi connectivity index (χ2n) is 5.78. The molecule has 0 amide bonds. The zero-order valence-corrected chi connectivity index (χ0v) is 18.6. The minimum atomic E-state index is 0. The van der Waals surface area contributed by atoms with Gasteiger partial charge in [0.05, 0.1) is 0 Å². The summed E-state index contributed by atoms with van der Waals surface area (Å²) in [7, 11) is 0. The van der Waals surface area contributed by atoms with Gasteiger partial charge in [-0.05, 0) is 0 Å². The standard InChI is InChI=1S/3C6H11.2ClH.H3P.Pd/c3*1-2-4-6-5-3-1;;;;/h3*1H,2-6H2;2*1H;1H3;/q3*-1;;;;+2/p-2. The molecule has 0 aliphatic heterocycles. The van der Waals surface area contributed by atoms with Gasteiger partial charge in [0, 0.05) is 0 Å². The van der Waals surface area contributed by atoms with Gasteiger partial charge in [0.25, 0.3) is 0 Å². The van der Waals surface area contributed by atoms with Gasteiger partial charge in [-0.1, -0.05) is 57.8 Å². The van der Waals surface area contributed by atoms with E-state index in [0.29, 0.717) is 0 Å². The van der Waals surface area contributed by atoms with Crippen molar-refractivity contribution in [1.82, 2.24) is 0 Å². The fourth-order valence-electron chi connectivity index (χ4n) is 2.70. The Morgan fingerprint density at radius 3 is 0.591 bits per heavy atom. The van der Waals surface area contributed by atoms with Gasteiger partial charge >= 0.3 is 20.4 Å². The fraction of sp³-hybridized carbons (Fsp3) is 0.833. The molecular weight excluding hydrogens is 424 g/mol. The summed E-state index contributed by atoms with van der Waals surface area (Å²) in [5.41, 5.74) is 0. The molecule has 0 nitrogen and oxygen atoms in total. The zero-order chi connectivity index (χ0) is 12.7. The average Bonchev–Trinajstić information content (AvgIpc) is 2.54.